The predicted octanol–water partition coefficient (Wildman–Crippen LogP) is 2.02. The van der Waals surface area contributed by atoms with Crippen LogP contribution in [0.5, 0.6) is 0 Å². The molecule has 2 heterocycles. The van der Waals surface area contributed by atoms with Gasteiger partial charge in [0.2, 0.25) is 0 Å². The van der Waals surface area contributed by atoms with E-state index < -0.39 is 11.9 Å². The Balaban J connectivity index is 1.85. The SMILES string of the molecule is C=C(NC(=O)C(=C)N1Cc2c(cccc2-c2ccncc2)C1=O)C(=O)OC. The van der Waals surface area contributed by atoms with Gasteiger partial charge in [0.05, 0.1) is 13.7 Å². The molecule has 0 bridgehead atoms. The highest BCUT2D eigenvalue weighted by atomic mass is 16.5. The minimum Gasteiger partial charge on any atom is -0.464 e. The fourth-order valence-electron chi connectivity index (χ4n) is 2.86. The van der Waals surface area contributed by atoms with Gasteiger partial charge in [-0.05, 0) is 34.9 Å². The molecule has 27 heavy (non-hydrogen) atoms. The summed E-state index contributed by atoms with van der Waals surface area (Å²) >= 11 is 0. The summed E-state index contributed by atoms with van der Waals surface area (Å²) < 4.78 is 4.49. The van der Waals surface area contributed by atoms with E-state index in [-0.39, 0.29) is 23.8 Å². The lowest BCUT2D eigenvalue weighted by atomic mass is 9.98. The topological polar surface area (TPSA) is 88.6 Å². The molecule has 0 unspecified atom stereocenters. The Morgan fingerprint density at radius 3 is 2.48 bits per heavy atom. The van der Waals surface area contributed by atoms with Gasteiger partial charge in [-0.2, -0.15) is 0 Å². The Kier molecular flexibility index (Phi) is 4.85. The number of benzene rings is 1. The van der Waals surface area contributed by atoms with Crippen molar-refractivity contribution in [2.75, 3.05) is 7.11 Å². The molecule has 7 heteroatoms. The Morgan fingerprint density at radius 2 is 1.81 bits per heavy atom. The number of esters is 1. The largest absolute Gasteiger partial charge is 0.464 e. The first-order valence-corrected chi connectivity index (χ1v) is 8.05. The Hall–Kier alpha value is -3.74. The lowest BCUT2D eigenvalue weighted by molar-refractivity contribution is -0.137. The van der Waals surface area contributed by atoms with Crippen LogP contribution in [0.25, 0.3) is 11.1 Å². The molecule has 3 rings (SSSR count). The van der Waals surface area contributed by atoms with Crippen molar-refractivity contribution in [2.45, 2.75) is 6.54 Å². The van der Waals surface area contributed by atoms with Crippen LogP contribution in [0.4, 0.5) is 0 Å². The third kappa shape index (κ3) is 3.35. The van der Waals surface area contributed by atoms with Crippen molar-refractivity contribution in [2.24, 2.45) is 0 Å². The van der Waals surface area contributed by atoms with Crippen molar-refractivity contribution in [1.29, 1.82) is 0 Å². The van der Waals surface area contributed by atoms with Crippen molar-refractivity contribution < 1.29 is 19.1 Å². The highest BCUT2D eigenvalue weighted by Gasteiger charge is 2.33. The van der Waals surface area contributed by atoms with Crippen molar-refractivity contribution in [3.63, 3.8) is 0 Å². The van der Waals surface area contributed by atoms with Gasteiger partial charge in [-0.25, -0.2) is 4.79 Å². The second-order valence-corrected chi connectivity index (χ2v) is 5.83. The first-order chi connectivity index (χ1) is 12.9. The molecule has 1 aliphatic heterocycles. The molecule has 0 fully saturated rings. The van der Waals surface area contributed by atoms with Crippen molar-refractivity contribution in [3.8, 4) is 11.1 Å². The summed E-state index contributed by atoms with van der Waals surface area (Å²) in [6, 6.07) is 9.11. The molecule has 1 aromatic carbocycles. The van der Waals surface area contributed by atoms with Crippen LogP contribution in [-0.4, -0.2) is 34.8 Å². The smallest absolute Gasteiger partial charge is 0.353 e. The van der Waals surface area contributed by atoms with Gasteiger partial charge in [-0.1, -0.05) is 25.3 Å². The Morgan fingerprint density at radius 1 is 1.15 bits per heavy atom. The van der Waals surface area contributed by atoms with Crippen molar-refractivity contribution in [3.05, 3.63) is 78.4 Å². The fraction of sp³-hybridized carbons (Fsp3) is 0.100. The quantitative estimate of drug-likeness (QED) is 0.649. The van der Waals surface area contributed by atoms with Gasteiger partial charge in [0.1, 0.15) is 11.4 Å². The van der Waals surface area contributed by atoms with Crippen LogP contribution in [0.2, 0.25) is 0 Å². The maximum absolute atomic E-state index is 12.8. The molecule has 1 N–H and O–H groups in total. The lowest BCUT2D eigenvalue weighted by Gasteiger charge is -2.18. The van der Waals surface area contributed by atoms with E-state index in [1.807, 2.05) is 18.2 Å². The van der Waals surface area contributed by atoms with E-state index >= 15 is 0 Å². The summed E-state index contributed by atoms with van der Waals surface area (Å²) in [5.41, 5.74) is 2.80. The molecule has 0 saturated carbocycles. The molecule has 2 aromatic rings. The van der Waals surface area contributed by atoms with E-state index in [1.54, 1.807) is 24.5 Å². The van der Waals surface area contributed by atoms with Crippen molar-refractivity contribution in [1.82, 2.24) is 15.2 Å². The molecule has 0 atom stereocenters. The van der Waals surface area contributed by atoms with Crippen LogP contribution < -0.4 is 5.32 Å². The Labute approximate surface area is 156 Å². The number of amides is 2. The molecule has 0 spiro atoms. The van der Waals surface area contributed by atoms with Crippen LogP contribution in [0, 0.1) is 0 Å². The number of pyridine rings is 1. The zero-order chi connectivity index (χ0) is 19.6. The number of carbonyl (C=O) groups is 3. The summed E-state index contributed by atoms with van der Waals surface area (Å²) in [7, 11) is 1.18. The van der Waals surface area contributed by atoms with E-state index in [4.69, 9.17) is 0 Å². The van der Waals surface area contributed by atoms with Crippen LogP contribution in [-0.2, 0) is 20.9 Å². The maximum Gasteiger partial charge on any atom is 0.353 e. The molecule has 1 aliphatic rings. The molecule has 0 aliphatic carbocycles. The van der Waals surface area contributed by atoms with Crippen molar-refractivity contribution >= 4 is 17.8 Å². The first kappa shape index (κ1) is 18.1. The van der Waals surface area contributed by atoms with Gasteiger partial charge >= 0.3 is 5.97 Å². The number of ether oxygens (including phenoxy) is 1. The zero-order valence-electron chi connectivity index (χ0n) is 14.7. The zero-order valence-corrected chi connectivity index (χ0v) is 14.7. The van der Waals surface area contributed by atoms with Gasteiger partial charge in [0, 0.05) is 18.0 Å². The number of carbonyl (C=O) groups excluding carboxylic acids is 3. The third-order valence-corrected chi connectivity index (χ3v) is 4.24. The summed E-state index contributed by atoms with van der Waals surface area (Å²) in [5.74, 6) is -1.80. The van der Waals surface area contributed by atoms with E-state index in [0.29, 0.717) is 5.56 Å². The molecule has 1 aromatic heterocycles. The minimum absolute atomic E-state index is 0.0815. The fourth-order valence-corrected chi connectivity index (χ4v) is 2.86. The number of hydrogen-bond donors (Lipinski definition) is 1. The van der Waals surface area contributed by atoms with Gasteiger partial charge in [-0.3, -0.25) is 19.5 Å². The molecule has 7 nitrogen and oxygen atoms in total. The Bertz CT molecular complexity index is 966. The maximum atomic E-state index is 12.8. The number of rotatable bonds is 5. The highest BCUT2D eigenvalue weighted by Crippen LogP contribution is 2.33. The summed E-state index contributed by atoms with van der Waals surface area (Å²) in [6.45, 7) is 7.33. The van der Waals surface area contributed by atoms with Crippen LogP contribution in [0.3, 0.4) is 0 Å². The van der Waals surface area contributed by atoms with E-state index in [2.05, 4.69) is 28.2 Å². The van der Waals surface area contributed by atoms with E-state index in [9.17, 15) is 14.4 Å². The standard InChI is InChI=1S/C20H17N3O4/c1-12(20(26)27-3)22-18(24)13(2)23-11-17-15(14-7-9-21-10-8-14)5-4-6-16(17)19(23)25/h4-10H,1-2,11H2,3H3,(H,22,24). The molecular weight excluding hydrogens is 346 g/mol. The molecule has 0 radical (unpaired) electrons. The van der Waals surface area contributed by atoms with Gasteiger partial charge in [0.15, 0.2) is 0 Å². The van der Waals surface area contributed by atoms with Gasteiger partial charge in [-0.15, -0.1) is 0 Å². The second kappa shape index (κ2) is 7.25. The second-order valence-electron chi connectivity index (χ2n) is 5.83. The first-order valence-electron chi connectivity index (χ1n) is 8.05. The van der Waals surface area contributed by atoms with Crippen LogP contribution in [0.15, 0.2) is 67.3 Å². The number of fused-ring (bicyclic) bond motifs is 1. The predicted molar refractivity (Wildman–Crippen MR) is 98.0 cm³/mol. The van der Waals surface area contributed by atoms with E-state index in [0.717, 1.165) is 16.7 Å². The summed E-state index contributed by atoms with van der Waals surface area (Å²) in [6.07, 6.45) is 3.35. The highest BCUT2D eigenvalue weighted by molar-refractivity contribution is 6.07. The number of aromatic nitrogens is 1. The number of methoxy groups -OCH3 is 1. The van der Waals surface area contributed by atoms with Crippen LogP contribution in [0.1, 0.15) is 15.9 Å². The lowest BCUT2D eigenvalue weighted by Crippen LogP contribution is -2.36. The average molecular weight is 363 g/mol. The van der Waals surface area contributed by atoms with Gasteiger partial charge < -0.3 is 10.1 Å². The number of nitrogens with zero attached hydrogens (tertiary/aromatic N) is 2. The third-order valence-electron chi connectivity index (χ3n) is 4.24. The monoisotopic (exact) mass is 363 g/mol. The normalized spacial score (nSPS) is 12.3. The van der Waals surface area contributed by atoms with Gasteiger partial charge in [0.25, 0.3) is 11.8 Å². The summed E-state index contributed by atoms with van der Waals surface area (Å²) in [4.78, 5) is 41.8. The molecule has 2 amide bonds. The minimum atomic E-state index is -0.771. The van der Waals surface area contributed by atoms with Crippen LogP contribution >= 0.6 is 0 Å². The summed E-state index contributed by atoms with van der Waals surface area (Å²) in [5, 5.41) is 2.29. The van der Waals surface area contributed by atoms with E-state index in [1.165, 1.54) is 12.0 Å². The average Bonchev–Trinajstić information content (AvgIpc) is 3.04. The molecule has 136 valence electrons. The molecular formula is C20H17N3O4. The number of nitrogens with one attached hydrogen (secondary N) is 1. The molecule has 0 saturated heterocycles. The number of hydrogen-bond acceptors (Lipinski definition) is 5.